The average Bonchev–Trinajstić information content (AvgIpc) is 2.81. The number of rotatable bonds is 5. The normalized spacial score (nSPS) is 11.5. The number of nitrogens with zero attached hydrogens (tertiary/aromatic N) is 2. The topological polar surface area (TPSA) is 49.3 Å². The Hall–Kier alpha value is -1.95. The molecule has 0 atom stereocenters. The molecule has 2 aromatic rings. The van der Waals surface area contributed by atoms with Crippen LogP contribution in [0.2, 0.25) is 0 Å². The highest BCUT2D eigenvalue weighted by atomic mass is 32.1. The van der Waals surface area contributed by atoms with Gasteiger partial charge in [-0.1, -0.05) is 12.1 Å². The smallest absolute Gasteiger partial charge is 0.191 e. The largest absolute Gasteiger partial charge is 0.357 e. The van der Waals surface area contributed by atoms with E-state index in [-0.39, 0.29) is 5.82 Å². The fourth-order valence-electron chi connectivity index (χ4n) is 1.92. The third-order valence-corrected chi connectivity index (χ3v) is 4.21. The molecule has 1 aromatic carbocycles. The van der Waals surface area contributed by atoms with Gasteiger partial charge in [0.2, 0.25) is 0 Å². The number of halogens is 1. The Morgan fingerprint density at radius 3 is 2.77 bits per heavy atom. The van der Waals surface area contributed by atoms with Crippen molar-refractivity contribution in [2.75, 3.05) is 6.54 Å². The lowest BCUT2D eigenvalue weighted by atomic mass is 10.2. The van der Waals surface area contributed by atoms with Crippen molar-refractivity contribution in [3.63, 3.8) is 0 Å². The number of hydrogen-bond acceptors (Lipinski definition) is 3. The average molecular weight is 320 g/mol. The van der Waals surface area contributed by atoms with E-state index in [4.69, 9.17) is 0 Å². The Morgan fingerprint density at radius 2 is 2.14 bits per heavy atom. The lowest BCUT2D eigenvalue weighted by Crippen LogP contribution is -2.36. The van der Waals surface area contributed by atoms with Gasteiger partial charge in [-0.3, -0.25) is 0 Å². The molecular weight excluding hydrogens is 299 g/mol. The van der Waals surface area contributed by atoms with Crippen molar-refractivity contribution in [3.05, 3.63) is 51.2 Å². The van der Waals surface area contributed by atoms with Crippen molar-refractivity contribution in [3.8, 4) is 0 Å². The van der Waals surface area contributed by atoms with E-state index in [1.165, 1.54) is 17.0 Å². The predicted octanol–water partition coefficient (Wildman–Crippen LogP) is 3.15. The van der Waals surface area contributed by atoms with E-state index in [0.717, 1.165) is 22.8 Å². The molecule has 0 saturated carbocycles. The fraction of sp³-hybridized carbons (Fsp3) is 0.375. The first kappa shape index (κ1) is 16.4. The maximum Gasteiger partial charge on any atom is 0.191 e. The van der Waals surface area contributed by atoms with Crippen molar-refractivity contribution >= 4 is 17.3 Å². The van der Waals surface area contributed by atoms with Gasteiger partial charge in [-0.05, 0) is 38.5 Å². The molecule has 0 fully saturated rings. The van der Waals surface area contributed by atoms with Gasteiger partial charge in [-0.15, -0.1) is 11.3 Å². The molecule has 2 N–H and O–H groups in total. The quantitative estimate of drug-likeness (QED) is 0.657. The van der Waals surface area contributed by atoms with Crippen LogP contribution >= 0.6 is 11.3 Å². The number of nitrogens with one attached hydrogen (secondary N) is 2. The summed E-state index contributed by atoms with van der Waals surface area (Å²) in [6.07, 6.45) is 0. The van der Waals surface area contributed by atoms with Crippen LogP contribution in [0, 0.1) is 19.7 Å². The Balaban J connectivity index is 1.97. The Labute approximate surface area is 134 Å². The number of guanidine groups is 1. The molecule has 0 radical (unpaired) electrons. The molecular formula is C16H21FN4S. The molecule has 0 bridgehead atoms. The summed E-state index contributed by atoms with van der Waals surface area (Å²) in [5.74, 6) is 0.469. The van der Waals surface area contributed by atoms with Gasteiger partial charge in [0.05, 0.1) is 18.8 Å². The lowest BCUT2D eigenvalue weighted by molar-refractivity contribution is 0.625. The number of hydrogen-bond donors (Lipinski definition) is 2. The van der Waals surface area contributed by atoms with Gasteiger partial charge in [0, 0.05) is 11.4 Å². The third kappa shape index (κ3) is 4.80. The van der Waals surface area contributed by atoms with Crippen molar-refractivity contribution in [2.24, 2.45) is 4.99 Å². The number of aliphatic imine (C=N–C) groups is 1. The summed E-state index contributed by atoms with van der Waals surface area (Å²) < 4.78 is 13.2. The first-order chi connectivity index (χ1) is 10.6. The summed E-state index contributed by atoms with van der Waals surface area (Å²) in [7, 11) is 0. The van der Waals surface area contributed by atoms with Gasteiger partial charge >= 0.3 is 0 Å². The van der Waals surface area contributed by atoms with E-state index in [2.05, 4.69) is 27.5 Å². The standard InChI is InChI=1S/C16H21FN4S/c1-4-18-16(19-9-13-6-5-7-14(17)8-13)20-10-15-21-11(2)12(3)22-15/h5-8H,4,9-10H2,1-3H3,(H2,18,19,20). The Morgan fingerprint density at radius 1 is 1.32 bits per heavy atom. The summed E-state index contributed by atoms with van der Waals surface area (Å²) in [6, 6.07) is 6.50. The van der Waals surface area contributed by atoms with E-state index < -0.39 is 0 Å². The van der Waals surface area contributed by atoms with Crippen LogP contribution < -0.4 is 10.6 Å². The highest BCUT2D eigenvalue weighted by molar-refractivity contribution is 7.11. The van der Waals surface area contributed by atoms with Crippen molar-refractivity contribution in [2.45, 2.75) is 33.9 Å². The fourth-order valence-corrected chi connectivity index (χ4v) is 2.80. The summed E-state index contributed by atoms with van der Waals surface area (Å²) in [4.78, 5) is 10.2. The van der Waals surface area contributed by atoms with Crippen molar-refractivity contribution in [1.29, 1.82) is 0 Å². The minimum Gasteiger partial charge on any atom is -0.357 e. The van der Waals surface area contributed by atoms with Gasteiger partial charge in [0.1, 0.15) is 10.8 Å². The minimum absolute atomic E-state index is 0.237. The molecule has 4 nitrogen and oxygen atoms in total. The van der Waals surface area contributed by atoms with Crippen LogP contribution in [-0.2, 0) is 13.1 Å². The molecule has 1 aromatic heterocycles. The molecule has 6 heteroatoms. The first-order valence-electron chi connectivity index (χ1n) is 7.28. The zero-order valence-corrected chi connectivity index (χ0v) is 13.9. The van der Waals surface area contributed by atoms with Crippen LogP contribution in [0.25, 0.3) is 0 Å². The van der Waals surface area contributed by atoms with Crippen LogP contribution in [0.3, 0.4) is 0 Å². The lowest BCUT2D eigenvalue weighted by Gasteiger charge is -2.10. The number of thiazole rings is 1. The van der Waals surface area contributed by atoms with E-state index in [1.54, 1.807) is 17.4 Å². The van der Waals surface area contributed by atoms with E-state index in [0.29, 0.717) is 19.0 Å². The maximum absolute atomic E-state index is 13.2. The van der Waals surface area contributed by atoms with Gasteiger partial charge in [0.15, 0.2) is 5.96 Å². The molecule has 0 spiro atoms. The molecule has 0 aliphatic carbocycles. The minimum atomic E-state index is -0.237. The molecule has 118 valence electrons. The number of aromatic nitrogens is 1. The Kier molecular flexibility index (Phi) is 5.89. The van der Waals surface area contributed by atoms with Gasteiger partial charge in [0.25, 0.3) is 0 Å². The Bertz CT molecular complexity index is 632. The van der Waals surface area contributed by atoms with Crippen LogP contribution in [0.1, 0.15) is 28.1 Å². The molecule has 22 heavy (non-hydrogen) atoms. The van der Waals surface area contributed by atoms with E-state index >= 15 is 0 Å². The van der Waals surface area contributed by atoms with Crippen molar-refractivity contribution in [1.82, 2.24) is 15.6 Å². The molecule has 2 rings (SSSR count). The second-order valence-electron chi connectivity index (χ2n) is 4.93. The van der Waals surface area contributed by atoms with Crippen LogP contribution in [0.5, 0.6) is 0 Å². The zero-order valence-electron chi connectivity index (χ0n) is 13.1. The number of aryl methyl sites for hydroxylation is 2. The molecule has 0 saturated heterocycles. The highest BCUT2D eigenvalue weighted by Crippen LogP contribution is 2.15. The summed E-state index contributed by atoms with van der Waals surface area (Å²) in [6.45, 7) is 7.93. The molecule has 0 amide bonds. The first-order valence-corrected chi connectivity index (χ1v) is 8.09. The van der Waals surface area contributed by atoms with E-state index in [9.17, 15) is 4.39 Å². The summed E-state index contributed by atoms with van der Waals surface area (Å²) in [5.41, 5.74) is 1.92. The number of benzene rings is 1. The van der Waals surface area contributed by atoms with Crippen LogP contribution in [-0.4, -0.2) is 17.5 Å². The van der Waals surface area contributed by atoms with Gasteiger partial charge in [-0.2, -0.15) is 0 Å². The monoisotopic (exact) mass is 320 g/mol. The molecule has 0 aliphatic heterocycles. The van der Waals surface area contributed by atoms with Gasteiger partial charge < -0.3 is 10.6 Å². The molecule has 0 unspecified atom stereocenters. The predicted molar refractivity (Wildman–Crippen MR) is 89.6 cm³/mol. The maximum atomic E-state index is 13.2. The van der Waals surface area contributed by atoms with Crippen LogP contribution in [0.4, 0.5) is 4.39 Å². The second-order valence-corrected chi connectivity index (χ2v) is 6.22. The van der Waals surface area contributed by atoms with Crippen LogP contribution in [0.15, 0.2) is 29.3 Å². The second kappa shape index (κ2) is 7.89. The summed E-state index contributed by atoms with van der Waals surface area (Å²) >= 11 is 1.68. The van der Waals surface area contributed by atoms with E-state index in [1.807, 2.05) is 19.9 Å². The highest BCUT2D eigenvalue weighted by Gasteiger charge is 2.05. The third-order valence-electron chi connectivity index (χ3n) is 3.13. The SMILES string of the molecule is CCNC(=NCc1cccc(F)c1)NCc1nc(C)c(C)s1. The van der Waals surface area contributed by atoms with Crippen molar-refractivity contribution < 1.29 is 4.39 Å². The molecule has 0 aliphatic rings. The summed E-state index contributed by atoms with van der Waals surface area (Å²) in [5, 5.41) is 7.47. The molecule has 1 heterocycles. The zero-order chi connectivity index (χ0) is 15.9. The van der Waals surface area contributed by atoms with Gasteiger partial charge in [-0.25, -0.2) is 14.4 Å².